The Hall–Kier alpha value is -0.250. The Labute approximate surface area is 107 Å². The number of thioether (sulfide) groups is 1. The van der Waals surface area contributed by atoms with Crippen LogP contribution in [0.25, 0.3) is 0 Å². The van der Waals surface area contributed by atoms with Crippen molar-refractivity contribution >= 4 is 23.4 Å². The minimum absolute atomic E-state index is 0.321. The molecule has 1 aromatic rings. The molecule has 0 fully saturated rings. The lowest BCUT2D eigenvalue weighted by Gasteiger charge is -2.21. The predicted molar refractivity (Wildman–Crippen MR) is 73.3 cm³/mol. The Balaban J connectivity index is 2.56. The van der Waals surface area contributed by atoms with Crippen molar-refractivity contribution < 1.29 is 0 Å². The molecule has 2 unspecified atom stereocenters. The normalized spacial score (nSPS) is 14.8. The number of nitrogens with one attached hydrogen (secondary N) is 1. The minimum atomic E-state index is 0.321. The average Bonchev–Trinajstić information content (AvgIpc) is 2.29. The Kier molecular flexibility index (Phi) is 6.17. The van der Waals surface area contributed by atoms with Crippen molar-refractivity contribution in [1.29, 1.82) is 0 Å². The highest BCUT2D eigenvalue weighted by Gasteiger charge is 2.11. The van der Waals surface area contributed by atoms with Crippen molar-refractivity contribution in [2.45, 2.75) is 32.4 Å². The Bertz CT molecular complexity index is 302. The highest BCUT2D eigenvalue weighted by molar-refractivity contribution is 7.98. The van der Waals surface area contributed by atoms with Gasteiger partial charge in [-0.05, 0) is 31.2 Å². The van der Waals surface area contributed by atoms with E-state index in [4.69, 9.17) is 11.6 Å². The molecule has 0 aliphatic carbocycles. The van der Waals surface area contributed by atoms with Crippen molar-refractivity contribution in [3.63, 3.8) is 0 Å². The van der Waals surface area contributed by atoms with Gasteiger partial charge >= 0.3 is 0 Å². The molecular weight excluding hydrogens is 240 g/mol. The molecule has 0 aliphatic rings. The van der Waals surface area contributed by atoms with Gasteiger partial charge in [-0.3, -0.25) is 0 Å². The van der Waals surface area contributed by atoms with Crippen LogP contribution in [0.3, 0.4) is 0 Å². The molecule has 1 aromatic heterocycles. The Morgan fingerprint density at radius 2 is 2.25 bits per heavy atom. The third-order valence-corrected chi connectivity index (χ3v) is 3.56. The molecule has 90 valence electrons. The predicted octanol–water partition coefficient (Wildman–Crippen LogP) is 3.53. The lowest BCUT2D eigenvalue weighted by Crippen LogP contribution is -2.33. The summed E-state index contributed by atoms with van der Waals surface area (Å²) in [7, 11) is 0. The standard InChI is InChI=1S/C12H19ClN2S/c1-4-11(8-16-3)15-9(2)10-5-6-12(13)14-7-10/h5-7,9,11,15H,4,8H2,1-3H3. The van der Waals surface area contributed by atoms with Gasteiger partial charge in [0.05, 0.1) is 0 Å². The first-order valence-electron chi connectivity index (χ1n) is 5.53. The molecule has 1 rings (SSSR count). The Morgan fingerprint density at radius 3 is 2.75 bits per heavy atom. The fourth-order valence-electron chi connectivity index (χ4n) is 1.58. The van der Waals surface area contributed by atoms with Crippen LogP contribution >= 0.6 is 23.4 Å². The zero-order chi connectivity index (χ0) is 12.0. The molecule has 2 nitrogen and oxygen atoms in total. The summed E-state index contributed by atoms with van der Waals surface area (Å²) in [5, 5.41) is 4.15. The van der Waals surface area contributed by atoms with Gasteiger partial charge in [0.2, 0.25) is 0 Å². The first-order valence-corrected chi connectivity index (χ1v) is 7.31. The molecule has 0 amide bonds. The van der Waals surface area contributed by atoms with E-state index < -0.39 is 0 Å². The van der Waals surface area contributed by atoms with Crippen molar-refractivity contribution in [1.82, 2.24) is 10.3 Å². The first kappa shape index (κ1) is 13.8. The molecule has 16 heavy (non-hydrogen) atoms. The third kappa shape index (κ3) is 4.32. The van der Waals surface area contributed by atoms with E-state index in [1.807, 2.05) is 30.1 Å². The zero-order valence-corrected chi connectivity index (χ0v) is 11.6. The van der Waals surface area contributed by atoms with E-state index in [0.717, 1.165) is 12.2 Å². The van der Waals surface area contributed by atoms with Gasteiger partial charge in [-0.15, -0.1) is 0 Å². The van der Waals surface area contributed by atoms with Crippen molar-refractivity contribution in [2.24, 2.45) is 0 Å². The second kappa shape index (κ2) is 7.15. The topological polar surface area (TPSA) is 24.9 Å². The fraction of sp³-hybridized carbons (Fsp3) is 0.583. The van der Waals surface area contributed by atoms with Gasteiger partial charge in [-0.25, -0.2) is 4.98 Å². The molecule has 2 atom stereocenters. The molecule has 1 heterocycles. The van der Waals surface area contributed by atoms with E-state index in [1.165, 1.54) is 5.56 Å². The van der Waals surface area contributed by atoms with Crippen LogP contribution in [0.5, 0.6) is 0 Å². The summed E-state index contributed by atoms with van der Waals surface area (Å²) in [5.74, 6) is 1.14. The van der Waals surface area contributed by atoms with E-state index in [0.29, 0.717) is 17.2 Å². The first-order chi connectivity index (χ1) is 7.67. The van der Waals surface area contributed by atoms with E-state index >= 15 is 0 Å². The maximum absolute atomic E-state index is 5.76. The van der Waals surface area contributed by atoms with Gasteiger partial charge in [0, 0.05) is 24.0 Å². The van der Waals surface area contributed by atoms with Crippen LogP contribution in [-0.4, -0.2) is 23.0 Å². The summed E-state index contributed by atoms with van der Waals surface area (Å²) >= 11 is 7.64. The summed E-state index contributed by atoms with van der Waals surface area (Å²) < 4.78 is 0. The summed E-state index contributed by atoms with van der Waals surface area (Å²) in [6.07, 6.45) is 5.12. The van der Waals surface area contributed by atoms with Crippen molar-refractivity contribution in [3.05, 3.63) is 29.0 Å². The van der Waals surface area contributed by atoms with Gasteiger partial charge in [0.1, 0.15) is 5.15 Å². The van der Waals surface area contributed by atoms with Crippen LogP contribution in [0, 0.1) is 0 Å². The molecule has 0 spiro atoms. The van der Waals surface area contributed by atoms with E-state index in [9.17, 15) is 0 Å². The van der Waals surface area contributed by atoms with Gasteiger partial charge in [0.15, 0.2) is 0 Å². The fourth-order valence-corrected chi connectivity index (χ4v) is 2.42. The quantitative estimate of drug-likeness (QED) is 0.791. The molecule has 0 radical (unpaired) electrons. The largest absolute Gasteiger partial charge is 0.307 e. The van der Waals surface area contributed by atoms with Gasteiger partial charge in [-0.1, -0.05) is 24.6 Å². The Morgan fingerprint density at radius 1 is 1.50 bits per heavy atom. The maximum atomic E-state index is 5.76. The van der Waals surface area contributed by atoms with Crippen LogP contribution in [0.4, 0.5) is 0 Å². The number of pyridine rings is 1. The molecular formula is C12H19ClN2S. The number of aromatic nitrogens is 1. The minimum Gasteiger partial charge on any atom is -0.307 e. The SMILES string of the molecule is CCC(CSC)NC(C)c1ccc(Cl)nc1. The summed E-state index contributed by atoms with van der Waals surface area (Å²) in [6, 6.07) is 4.74. The van der Waals surface area contributed by atoms with Crippen molar-refractivity contribution in [3.8, 4) is 0 Å². The van der Waals surface area contributed by atoms with E-state index in [1.54, 1.807) is 0 Å². The third-order valence-electron chi connectivity index (χ3n) is 2.60. The number of nitrogens with zero attached hydrogens (tertiary/aromatic N) is 1. The number of halogens is 1. The van der Waals surface area contributed by atoms with Crippen LogP contribution in [0.15, 0.2) is 18.3 Å². The average molecular weight is 259 g/mol. The van der Waals surface area contributed by atoms with Gasteiger partial charge < -0.3 is 5.32 Å². The number of hydrogen-bond acceptors (Lipinski definition) is 3. The molecule has 1 N–H and O–H groups in total. The van der Waals surface area contributed by atoms with Crippen LogP contribution in [0.1, 0.15) is 31.9 Å². The number of hydrogen-bond donors (Lipinski definition) is 1. The second-order valence-corrected chi connectivity index (χ2v) is 5.16. The highest BCUT2D eigenvalue weighted by atomic mass is 35.5. The molecule has 0 saturated heterocycles. The molecule has 0 aromatic carbocycles. The lowest BCUT2D eigenvalue weighted by atomic mass is 10.1. The van der Waals surface area contributed by atoms with Crippen LogP contribution < -0.4 is 5.32 Å². The maximum Gasteiger partial charge on any atom is 0.129 e. The number of rotatable bonds is 6. The molecule has 0 bridgehead atoms. The smallest absolute Gasteiger partial charge is 0.129 e. The van der Waals surface area contributed by atoms with Gasteiger partial charge in [0.25, 0.3) is 0 Å². The van der Waals surface area contributed by atoms with Gasteiger partial charge in [-0.2, -0.15) is 11.8 Å². The van der Waals surface area contributed by atoms with E-state index in [2.05, 4.69) is 30.4 Å². The molecule has 0 saturated carbocycles. The van der Waals surface area contributed by atoms with Crippen molar-refractivity contribution in [2.75, 3.05) is 12.0 Å². The second-order valence-electron chi connectivity index (χ2n) is 3.86. The summed E-state index contributed by atoms with van der Waals surface area (Å²) in [5.41, 5.74) is 1.18. The summed E-state index contributed by atoms with van der Waals surface area (Å²) in [6.45, 7) is 4.37. The summed E-state index contributed by atoms with van der Waals surface area (Å²) in [4.78, 5) is 4.10. The van der Waals surface area contributed by atoms with Crippen LogP contribution in [-0.2, 0) is 0 Å². The monoisotopic (exact) mass is 258 g/mol. The van der Waals surface area contributed by atoms with E-state index in [-0.39, 0.29) is 0 Å². The zero-order valence-electron chi connectivity index (χ0n) is 10.0. The van der Waals surface area contributed by atoms with Crippen LogP contribution in [0.2, 0.25) is 5.15 Å². The molecule has 4 heteroatoms. The molecule has 0 aliphatic heterocycles. The lowest BCUT2D eigenvalue weighted by molar-refractivity contribution is 0.474. The highest BCUT2D eigenvalue weighted by Crippen LogP contribution is 2.15.